The number of rotatable bonds is 4. The number of hydrogen-bond acceptors (Lipinski definition) is 4. The molecule has 6 rings (SSSR count). The highest BCUT2D eigenvalue weighted by Crippen LogP contribution is 2.61. The fourth-order valence-electron chi connectivity index (χ4n) is 6.80. The number of hydrogen-bond donors (Lipinski definition) is 1. The minimum absolute atomic E-state index is 0.0255. The van der Waals surface area contributed by atoms with E-state index in [-0.39, 0.29) is 11.9 Å². The van der Waals surface area contributed by atoms with Gasteiger partial charge in [-0.05, 0) is 81.5 Å². The molecule has 2 atom stereocenters. The van der Waals surface area contributed by atoms with Crippen LogP contribution in [0, 0.1) is 23.2 Å². The Morgan fingerprint density at radius 1 is 1.28 bits per heavy atom. The monoisotopic (exact) mass is 359 g/mol. The van der Waals surface area contributed by atoms with Gasteiger partial charge in [0.25, 0.3) is 0 Å². The summed E-state index contributed by atoms with van der Waals surface area (Å²) in [7, 11) is 0. The first-order valence-corrected chi connectivity index (χ1v) is 11.0. The summed E-state index contributed by atoms with van der Waals surface area (Å²) < 4.78 is 0. The second-order valence-electron chi connectivity index (χ2n) is 9.18. The Bertz CT molecular complexity index is 608. The number of amides is 1. The Kier molecular flexibility index (Phi) is 3.84. The van der Waals surface area contributed by atoms with Crippen LogP contribution in [0.1, 0.15) is 58.3 Å². The van der Waals surface area contributed by atoms with Crippen molar-refractivity contribution >= 4 is 22.4 Å². The van der Waals surface area contributed by atoms with E-state index < -0.39 is 0 Å². The topological polar surface area (TPSA) is 45.2 Å². The molecule has 5 fully saturated rings. The van der Waals surface area contributed by atoms with E-state index >= 15 is 0 Å². The molecule has 5 heteroatoms. The highest BCUT2D eigenvalue weighted by Gasteiger charge is 2.53. The predicted octanol–water partition coefficient (Wildman–Crippen LogP) is 3.83. The number of aromatic nitrogens is 1. The molecule has 0 spiro atoms. The summed E-state index contributed by atoms with van der Waals surface area (Å²) in [5, 5.41) is 6.47. The van der Waals surface area contributed by atoms with Gasteiger partial charge in [-0.1, -0.05) is 0 Å². The van der Waals surface area contributed by atoms with Crippen LogP contribution in [0.4, 0.5) is 5.13 Å². The average Bonchev–Trinajstić information content (AvgIpc) is 3.24. The summed E-state index contributed by atoms with van der Waals surface area (Å²) >= 11 is 1.64. The zero-order valence-electron chi connectivity index (χ0n) is 15.1. The highest BCUT2D eigenvalue weighted by atomic mass is 32.1. The smallest absolute Gasteiger partial charge is 0.243 e. The Hall–Kier alpha value is -1.10. The Morgan fingerprint density at radius 3 is 2.56 bits per heavy atom. The third kappa shape index (κ3) is 2.70. The molecular weight excluding hydrogens is 330 g/mol. The van der Waals surface area contributed by atoms with E-state index in [9.17, 15) is 4.79 Å². The number of nitrogens with one attached hydrogen (secondary N) is 1. The number of nitrogens with zero attached hydrogens (tertiary/aromatic N) is 2. The molecule has 1 aromatic rings. The molecule has 1 N–H and O–H groups in total. The van der Waals surface area contributed by atoms with Gasteiger partial charge in [0.15, 0.2) is 5.13 Å². The zero-order valence-corrected chi connectivity index (χ0v) is 15.9. The first kappa shape index (κ1) is 16.1. The first-order valence-electron chi connectivity index (χ1n) is 10.1. The molecule has 0 radical (unpaired) electrons. The summed E-state index contributed by atoms with van der Waals surface area (Å²) in [5.41, 5.74) is 0.384. The van der Waals surface area contributed by atoms with Gasteiger partial charge >= 0.3 is 0 Å². The van der Waals surface area contributed by atoms with Crippen LogP contribution in [0.15, 0.2) is 11.6 Å². The molecule has 25 heavy (non-hydrogen) atoms. The fourth-order valence-corrected chi connectivity index (χ4v) is 7.52. The molecule has 4 nitrogen and oxygen atoms in total. The van der Waals surface area contributed by atoms with Crippen LogP contribution in [0.3, 0.4) is 0 Å². The number of carbonyl (C=O) groups is 1. The van der Waals surface area contributed by atoms with Crippen molar-refractivity contribution in [3.63, 3.8) is 0 Å². The third-order valence-corrected chi connectivity index (χ3v) is 8.39. The third-order valence-electron chi connectivity index (χ3n) is 7.58. The van der Waals surface area contributed by atoms with Crippen molar-refractivity contribution in [3.8, 4) is 0 Å². The van der Waals surface area contributed by atoms with Gasteiger partial charge in [0.1, 0.15) is 6.04 Å². The molecule has 4 bridgehead atoms. The molecular formula is C20H29N3OS. The molecule has 136 valence electrons. The standard InChI is InChI=1S/C20H29N3OS/c1-13(20-10-14-7-15(11-20)9-16(8-14)12-20)22-18(24)17-3-2-5-23(17)19-21-4-6-25-19/h4,6,13-17H,2-3,5,7-12H2,1H3,(H,22,24)/t13-,14?,15?,16?,17-,20?/m0/s1. The summed E-state index contributed by atoms with van der Waals surface area (Å²) in [6, 6.07) is 0.287. The molecule has 4 saturated carbocycles. The van der Waals surface area contributed by atoms with E-state index in [0.29, 0.717) is 11.5 Å². The van der Waals surface area contributed by atoms with Gasteiger partial charge in [-0.3, -0.25) is 4.79 Å². The lowest BCUT2D eigenvalue weighted by molar-refractivity contribution is -0.127. The van der Waals surface area contributed by atoms with Crippen LogP contribution in [-0.2, 0) is 4.79 Å². The first-order chi connectivity index (χ1) is 12.1. The minimum atomic E-state index is -0.0255. The maximum Gasteiger partial charge on any atom is 0.243 e. The van der Waals surface area contributed by atoms with E-state index in [1.54, 1.807) is 11.3 Å². The highest BCUT2D eigenvalue weighted by molar-refractivity contribution is 7.13. The molecule has 0 unspecified atom stereocenters. The SMILES string of the molecule is C[C@H](NC(=O)[C@@H]1CCCN1c1nccs1)C12CC3CC(CC(C3)C1)C2. The second kappa shape index (κ2) is 5.97. The summed E-state index contributed by atoms with van der Waals surface area (Å²) in [6.45, 7) is 3.24. The van der Waals surface area contributed by atoms with Crippen molar-refractivity contribution in [2.45, 2.75) is 70.4 Å². The van der Waals surface area contributed by atoms with E-state index in [4.69, 9.17) is 0 Å². The number of thiazole rings is 1. The fraction of sp³-hybridized carbons (Fsp3) is 0.800. The Morgan fingerprint density at radius 2 is 1.96 bits per heavy atom. The molecule has 0 aromatic carbocycles. The van der Waals surface area contributed by atoms with Crippen molar-refractivity contribution in [2.75, 3.05) is 11.4 Å². The maximum absolute atomic E-state index is 13.1. The predicted molar refractivity (Wildman–Crippen MR) is 101 cm³/mol. The van der Waals surface area contributed by atoms with E-state index in [1.165, 1.54) is 38.5 Å². The molecule has 4 aliphatic carbocycles. The lowest BCUT2D eigenvalue weighted by atomic mass is 9.48. The van der Waals surface area contributed by atoms with Crippen molar-refractivity contribution in [1.82, 2.24) is 10.3 Å². The van der Waals surface area contributed by atoms with Gasteiger partial charge in [-0.2, -0.15) is 0 Å². The van der Waals surface area contributed by atoms with E-state index in [2.05, 4.69) is 22.1 Å². The van der Waals surface area contributed by atoms with Crippen LogP contribution in [0.25, 0.3) is 0 Å². The van der Waals surface area contributed by atoms with Crippen LogP contribution in [0.2, 0.25) is 0 Å². The van der Waals surface area contributed by atoms with Gasteiger partial charge in [0.2, 0.25) is 5.91 Å². The van der Waals surface area contributed by atoms with Gasteiger partial charge in [0, 0.05) is 24.2 Å². The number of anilines is 1. The molecule has 2 heterocycles. The molecule has 1 aromatic heterocycles. The van der Waals surface area contributed by atoms with Crippen LogP contribution in [-0.4, -0.2) is 29.5 Å². The zero-order chi connectivity index (χ0) is 17.0. The second-order valence-corrected chi connectivity index (χ2v) is 10.0. The van der Waals surface area contributed by atoms with Crippen LogP contribution >= 0.6 is 11.3 Å². The normalized spacial score (nSPS) is 40.4. The molecule has 1 saturated heterocycles. The minimum Gasteiger partial charge on any atom is -0.351 e. The lowest BCUT2D eigenvalue weighted by Crippen LogP contribution is -2.57. The maximum atomic E-state index is 13.1. The van der Waals surface area contributed by atoms with E-state index in [0.717, 1.165) is 42.3 Å². The van der Waals surface area contributed by atoms with Crippen LogP contribution < -0.4 is 10.2 Å². The van der Waals surface area contributed by atoms with Gasteiger partial charge in [-0.25, -0.2) is 4.98 Å². The van der Waals surface area contributed by atoms with Gasteiger partial charge in [-0.15, -0.1) is 11.3 Å². The molecule has 5 aliphatic rings. The summed E-state index contributed by atoms with van der Waals surface area (Å²) in [6.07, 6.45) is 12.3. The van der Waals surface area contributed by atoms with Crippen molar-refractivity contribution in [1.29, 1.82) is 0 Å². The Labute approximate surface area is 154 Å². The molecule has 1 amide bonds. The largest absolute Gasteiger partial charge is 0.351 e. The van der Waals surface area contributed by atoms with Crippen molar-refractivity contribution in [2.24, 2.45) is 23.2 Å². The molecule has 1 aliphatic heterocycles. The average molecular weight is 360 g/mol. The number of carbonyl (C=O) groups excluding carboxylic acids is 1. The van der Waals surface area contributed by atoms with Crippen molar-refractivity contribution in [3.05, 3.63) is 11.6 Å². The van der Waals surface area contributed by atoms with Crippen molar-refractivity contribution < 1.29 is 4.79 Å². The van der Waals surface area contributed by atoms with Gasteiger partial charge < -0.3 is 10.2 Å². The van der Waals surface area contributed by atoms with Crippen LogP contribution in [0.5, 0.6) is 0 Å². The van der Waals surface area contributed by atoms with E-state index in [1.807, 2.05) is 11.6 Å². The Balaban J connectivity index is 1.29. The quantitative estimate of drug-likeness (QED) is 0.888. The lowest BCUT2D eigenvalue weighted by Gasteiger charge is -2.59. The summed E-state index contributed by atoms with van der Waals surface area (Å²) in [5.74, 6) is 3.03. The van der Waals surface area contributed by atoms with Gasteiger partial charge in [0.05, 0.1) is 0 Å². The summed E-state index contributed by atoms with van der Waals surface area (Å²) in [4.78, 5) is 19.7.